The second kappa shape index (κ2) is 7.33. The normalized spacial score (nSPS) is 10.1. The zero-order chi connectivity index (χ0) is 12.7. The van der Waals surface area contributed by atoms with Crippen LogP contribution >= 0.6 is 15.9 Å². The monoisotopic (exact) mass is 300 g/mol. The molecule has 0 atom stereocenters. The second-order valence-electron chi connectivity index (χ2n) is 3.48. The van der Waals surface area contributed by atoms with Crippen molar-refractivity contribution in [2.45, 2.75) is 20.3 Å². The number of hydrogen-bond donors (Lipinski definition) is 0. The number of halogens is 1. The maximum Gasteiger partial charge on any atom is 0.147 e. The second-order valence-corrected chi connectivity index (χ2v) is 4.05. The molecule has 0 saturated heterocycles. The van der Waals surface area contributed by atoms with Crippen molar-refractivity contribution in [3.05, 3.63) is 23.8 Å². The van der Waals surface area contributed by atoms with Crippen molar-refractivity contribution in [1.29, 1.82) is 0 Å². The number of Topliss-reactive ketones (excluding diaryl/α,β-unsaturated/α-hetero) is 1. The van der Waals surface area contributed by atoms with E-state index in [9.17, 15) is 4.79 Å². The Labute approximate surface area is 110 Å². The van der Waals surface area contributed by atoms with Crippen LogP contribution in [0.1, 0.15) is 19.4 Å². The molecule has 1 rings (SSSR count). The maximum atomic E-state index is 11.5. The third-order valence-electron chi connectivity index (χ3n) is 2.18. The highest BCUT2D eigenvalue weighted by atomic mass is 79.9. The lowest BCUT2D eigenvalue weighted by atomic mass is 10.1. The van der Waals surface area contributed by atoms with E-state index in [1.807, 2.05) is 32.0 Å². The van der Waals surface area contributed by atoms with Gasteiger partial charge in [0.15, 0.2) is 0 Å². The molecule has 0 aromatic heterocycles. The van der Waals surface area contributed by atoms with Crippen molar-refractivity contribution >= 4 is 21.7 Å². The quantitative estimate of drug-likeness (QED) is 0.726. The molecular weight excluding hydrogens is 284 g/mol. The summed E-state index contributed by atoms with van der Waals surface area (Å²) in [5.74, 6) is 1.65. The molecule has 17 heavy (non-hydrogen) atoms. The molecule has 0 aliphatic rings. The predicted octanol–water partition coefficient (Wildman–Crippen LogP) is 2.99. The fourth-order valence-corrected chi connectivity index (χ4v) is 1.70. The first-order valence-electron chi connectivity index (χ1n) is 5.67. The van der Waals surface area contributed by atoms with Gasteiger partial charge in [-0.15, -0.1) is 0 Å². The van der Waals surface area contributed by atoms with Gasteiger partial charge in [0.1, 0.15) is 17.3 Å². The van der Waals surface area contributed by atoms with Gasteiger partial charge in [0.05, 0.1) is 18.5 Å². The molecule has 0 N–H and O–H groups in total. The van der Waals surface area contributed by atoms with Crippen LogP contribution in [0.15, 0.2) is 18.2 Å². The Kier molecular flexibility index (Phi) is 6.05. The highest BCUT2D eigenvalue weighted by molar-refractivity contribution is 9.09. The number of hydrogen-bond acceptors (Lipinski definition) is 3. The van der Waals surface area contributed by atoms with E-state index in [0.717, 1.165) is 17.1 Å². The van der Waals surface area contributed by atoms with E-state index in [1.165, 1.54) is 0 Å². The average molecular weight is 301 g/mol. The Morgan fingerprint density at radius 2 is 1.94 bits per heavy atom. The standard InChI is InChI=1S/C13H17BrO3/c1-3-16-12-5-6-13(17-4-2)10(8-12)7-11(15)9-14/h5-6,8H,3-4,7,9H2,1-2H3. The maximum absolute atomic E-state index is 11.5. The molecule has 3 nitrogen and oxygen atoms in total. The molecule has 1 aromatic carbocycles. The van der Waals surface area contributed by atoms with E-state index in [0.29, 0.717) is 25.0 Å². The Hall–Kier alpha value is -1.03. The number of carbonyl (C=O) groups is 1. The van der Waals surface area contributed by atoms with E-state index >= 15 is 0 Å². The van der Waals surface area contributed by atoms with Crippen molar-refractivity contribution in [2.24, 2.45) is 0 Å². The smallest absolute Gasteiger partial charge is 0.147 e. The molecule has 0 radical (unpaired) electrons. The van der Waals surface area contributed by atoms with Crippen LogP contribution in [0.25, 0.3) is 0 Å². The Morgan fingerprint density at radius 1 is 1.24 bits per heavy atom. The summed E-state index contributed by atoms with van der Waals surface area (Å²) in [6, 6.07) is 5.58. The Bertz CT molecular complexity index is 377. The molecule has 0 unspecified atom stereocenters. The lowest BCUT2D eigenvalue weighted by Gasteiger charge is -2.11. The van der Waals surface area contributed by atoms with Gasteiger partial charge in [-0.25, -0.2) is 0 Å². The van der Waals surface area contributed by atoms with Gasteiger partial charge >= 0.3 is 0 Å². The average Bonchev–Trinajstić information content (AvgIpc) is 2.33. The van der Waals surface area contributed by atoms with Gasteiger partial charge in [-0.1, -0.05) is 15.9 Å². The summed E-state index contributed by atoms with van der Waals surface area (Å²) in [6.45, 7) is 5.05. The van der Waals surface area contributed by atoms with Gasteiger partial charge in [0, 0.05) is 12.0 Å². The summed E-state index contributed by atoms with van der Waals surface area (Å²) in [5, 5.41) is 0.359. The number of ether oxygens (including phenoxy) is 2. The van der Waals surface area contributed by atoms with Crippen molar-refractivity contribution < 1.29 is 14.3 Å². The van der Waals surface area contributed by atoms with Crippen LogP contribution in [0.5, 0.6) is 11.5 Å². The zero-order valence-corrected chi connectivity index (χ0v) is 11.7. The fourth-order valence-electron chi connectivity index (χ4n) is 1.51. The molecule has 0 bridgehead atoms. The van der Waals surface area contributed by atoms with E-state index in [4.69, 9.17) is 9.47 Å². The van der Waals surface area contributed by atoms with Crippen LogP contribution in [0.2, 0.25) is 0 Å². The number of rotatable bonds is 7. The molecule has 1 aromatic rings. The minimum Gasteiger partial charge on any atom is -0.494 e. The van der Waals surface area contributed by atoms with Crippen molar-refractivity contribution in [3.63, 3.8) is 0 Å². The van der Waals surface area contributed by atoms with Gasteiger partial charge in [-0.3, -0.25) is 4.79 Å². The van der Waals surface area contributed by atoms with E-state index < -0.39 is 0 Å². The summed E-state index contributed by atoms with van der Waals surface area (Å²) in [6.07, 6.45) is 0.363. The van der Waals surface area contributed by atoms with Gasteiger partial charge in [0.25, 0.3) is 0 Å². The molecule has 0 spiro atoms. The Balaban J connectivity index is 2.93. The van der Waals surface area contributed by atoms with Crippen LogP contribution in [0, 0.1) is 0 Å². The summed E-state index contributed by atoms with van der Waals surface area (Å²) in [7, 11) is 0. The lowest BCUT2D eigenvalue weighted by Crippen LogP contribution is -2.06. The van der Waals surface area contributed by atoms with E-state index in [1.54, 1.807) is 0 Å². The first-order valence-corrected chi connectivity index (χ1v) is 6.79. The van der Waals surface area contributed by atoms with Crippen molar-refractivity contribution in [2.75, 3.05) is 18.5 Å². The topological polar surface area (TPSA) is 35.5 Å². The number of benzene rings is 1. The van der Waals surface area contributed by atoms with Crippen LogP contribution in [0.4, 0.5) is 0 Å². The SMILES string of the molecule is CCOc1ccc(OCC)c(CC(=O)CBr)c1. The fraction of sp³-hybridized carbons (Fsp3) is 0.462. The molecule has 0 aliphatic heterocycles. The van der Waals surface area contributed by atoms with Crippen LogP contribution < -0.4 is 9.47 Å². The zero-order valence-electron chi connectivity index (χ0n) is 10.2. The molecule has 0 fully saturated rings. The van der Waals surface area contributed by atoms with Gasteiger partial charge < -0.3 is 9.47 Å². The third kappa shape index (κ3) is 4.38. The first kappa shape index (κ1) is 14.0. The number of ketones is 1. The molecule has 0 heterocycles. The van der Waals surface area contributed by atoms with Gasteiger partial charge in [-0.05, 0) is 32.0 Å². The largest absolute Gasteiger partial charge is 0.494 e. The molecule has 0 amide bonds. The molecule has 0 saturated carbocycles. The summed E-state index contributed by atoms with van der Waals surface area (Å²) in [4.78, 5) is 11.5. The highest BCUT2D eigenvalue weighted by Gasteiger charge is 2.09. The van der Waals surface area contributed by atoms with Crippen LogP contribution in [-0.2, 0) is 11.2 Å². The predicted molar refractivity (Wildman–Crippen MR) is 71.3 cm³/mol. The minimum atomic E-state index is 0.125. The third-order valence-corrected chi connectivity index (χ3v) is 2.80. The summed E-state index contributed by atoms with van der Waals surface area (Å²) in [5.41, 5.74) is 0.877. The number of carbonyl (C=O) groups excluding carboxylic acids is 1. The highest BCUT2D eigenvalue weighted by Crippen LogP contribution is 2.25. The molecule has 0 aliphatic carbocycles. The molecular formula is C13H17BrO3. The van der Waals surface area contributed by atoms with E-state index in [-0.39, 0.29) is 5.78 Å². The number of alkyl halides is 1. The van der Waals surface area contributed by atoms with Gasteiger partial charge in [0.2, 0.25) is 0 Å². The Morgan fingerprint density at radius 3 is 2.53 bits per heavy atom. The van der Waals surface area contributed by atoms with Crippen LogP contribution in [0.3, 0.4) is 0 Å². The van der Waals surface area contributed by atoms with Crippen molar-refractivity contribution in [3.8, 4) is 11.5 Å². The minimum absolute atomic E-state index is 0.125. The lowest BCUT2D eigenvalue weighted by molar-refractivity contribution is -0.115. The van der Waals surface area contributed by atoms with E-state index in [2.05, 4.69) is 15.9 Å². The first-order chi connectivity index (χ1) is 8.21. The summed E-state index contributed by atoms with van der Waals surface area (Å²) >= 11 is 3.16. The molecule has 94 valence electrons. The summed E-state index contributed by atoms with van der Waals surface area (Å²) < 4.78 is 10.9. The molecule has 4 heteroatoms. The van der Waals surface area contributed by atoms with Crippen molar-refractivity contribution in [1.82, 2.24) is 0 Å². The van der Waals surface area contributed by atoms with Crippen LogP contribution in [-0.4, -0.2) is 24.3 Å². The van der Waals surface area contributed by atoms with Gasteiger partial charge in [-0.2, -0.15) is 0 Å².